The number of aromatic amines is 1. The molecule has 0 saturated carbocycles. The molecule has 2 aromatic carbocycles. The van der Waals surface area contributed by atoms with Crippen LogP contribution in [0.15, 0.2) is 48.5 Å². The molecule has 0 bridgehead atoms. The van der Waals surface area contributed by atoms with Crippen molar-refractivity contribution in [3.8, 4) is 0 Å². The Morgan fingerprint density at radius 1 is 1.08 bits per heavy atom. The molecule has 0 unspecified atom stereocenters. The Morgan fingerprint density at radius 2 is 1.83 bits per heavy atom. The number of carbonyl (C=O) groups excluding carboxylic acids is 1. The van der Waals surface area contributed by atoms with E-state index in [4.69, 9.17) is 4.74 Å². The number of para-hydroxylation sites is 2. The number of carbonyl (C=O) groups is 1. The van der Waals surface area contributed by atoms with Crippen LogP contribution in [0.25, 0.3) is 11.0 Å². The fourth-order valence-electron chi connectivity index (χ4n) is 3.00. The highest BCUT2D eigenvalue weighted by molar-refractivity contribution is 5.94. The van der Waals surface area contributed by atoms with Crippen LogP contribution in [-0.2, 0) is 11.2 Å². The van der Waals surface area contributed by atoms with E-state index in [1.165, 1.54) is 0 Å². The number of hydrogen-bond donors (Lipinski definition) is 1. The van der Waals surface area contributed by atoms with Crippen molar-refractivity contribution in [2.24, 2.45) is 0 Å². The number of morpholine rings is 1. The Morgan fingerprint density at radius 3 is 2.58 bits per heavy atom. The summed E-state index contributed by atoms with van der Waals surface area (Å²) in [5.74, 6) is 1.01. The number of nitrogens with one attached hydrogen (secondary N) is 1. The first-order valence-corrected chi connectivity index (χ1v) is 8.19. The van der Waals surface area contributed by atoms with Crippen LogP contribution in [-0.4, -0.2) is 47.1 Å². The van der Waals surface area contributed by atoms with Crippen molar-refractivity contribution in [1.29, 1.82) is 0 Å². The van der Waals surface area contributed by atoms with Crippen LogP contribution >= 0.6 is 0 Å². The van der Waals surface area contributed by atoms with Crippen molar-refractivity contribution in [3.63, 3.8) is 0 Å². The second kappa shape index (κ2) is 6.45. The zero-order valence-corrected chi connectivity index (χ0v) is 13.4. The molecule has 3 aromatic rings. The standard InChI is InChI=1S/C19H19N3O2/c23-19(22-9-11-24-12-10-22)15-7-5-14(6-8-15)13-18-20-16-3-1-2-4-17(16)21-18/h1-8H,9-13H2,(H,20,21). The highest BCUT2D eigenvalue weighted by atomic mass is 16.5. The van der Waals surface area contributed by atoms with Crippen LogP contribution in [0.3, 0.4) is 0 Å². The summed E-state index contributed by atoms with van der Waals surface area (Å²) >= 11 is 0. The summed E-state index contributed by atoms with van der Waals surface area (Å²) in [6, 6.07) is 15.8. The smallest absolute Gasteiger partial charge is 0.254 e. The van der Waals surface area contributed by atoms with E-state index in [-0.39, 0.29) is 5.91 Å². The number of hydrogen-bond acceptors (Lipinski definition) is 3. The maximum atomic E-state index is 12.4. The fraction of sp³-hybridized carbons (Fsp3) is 0.263. The first-order valence-electron chi connectivity index (χ1n) is 8.19. The number of ether oxygens (including phenoxy) is 1. The molecular formula is C19H19N3O2. The van der Waals surface area contributed by atoms with Crippen LogP contribution in [0, 0.1) is 0 Å². The average molecular weight is 321 g/mol. The first kappa shape index (κ1) is 14.9. The predicted octanol–water partition coefficient (Wildman–Crippen LogP) is 2.63. The van der Waals surface area contributed by atoms with Crippen molar-refractivity contribution in [2.45, 2.75) is 6.42 Å². The van der Waals surface area contributed by atoms with Gasteiger partial charge in [0.25, 0.3) is 5.91 Å². The second-order valence-corrected chi connectivity index (χ2v) is 5.98. The minimum Gasteiger partial charge on any atom is -0.378 e. The third kappa shape index (κ3) is 3.03. The van der Waals surface area contributed by atoms with Gasteiger partial charge in [-0.25, -0.2) is 4.98 Å². The van der Waals surface area contributed by atoms with E-state index >= 15 is 0 Å². The minimum absolute atomic E-state index is 0.0774. The SMILES string of the molecule is O=C(c1ccc(Cc2nc3ccccc3[nH]2)cc1)N1CCOCC1. The summed E-state index contributed by atoms with van der Waals surface area (Å²) in [5, 5.41) is 0. The lowest BCUT2D eigenvalue weighted by Crippen LogP contribution is -2.40. The molecule has 24 heavy (non-hydrogen) atoms. The maximum absolute atomic E-state index is 12.4. The Hall–Kier alpha value is -2.66. The van der Waals surface area contributed by atoms with Gasteiger partial charge in [-0.1, -0.05) is 24.3 Å². The summed E-state index contributed by atoms with van der Waals surface area (Å²) in [4.78, 5) is 22.2. The number of fused-ring (bicyclic) bond motifs is 1. The third-order valence-corrected chi connectivity index (χ3v) is 4.31. The van der Waals surface area contributed by atoms with Crippen molar-refractivity contribution in [1.82, 2.24) is 14.9 Å². The molecule has 0 aliphatic carbocycles. The van der Waals surface area contributed by atoms with Gasteiger partial charge in [0.05, 0.1) is 24.2 Å². The highest BCUT2D eigenvalue weighted by Gasteiger charge is 2.18. The Kier molecular flexibility index (Phi) is 4.01. The van der Waals surface area contributed by atoms with Crippen molar-refractivity contribution in [2.75, 3.05) is 26.3 Å². The van der Waals surface area contributed by atoms with Gasteiger partial charge in [0.15, 0.2) is 0 Å². The second-order valence-electron chi connectivity index (χ2n) is 5.98. The van der Waals surface area contributed by atoms with Crippen LogP contribution < -0.4 is 0 Å². The number of amides is 1. The highest BCUT2D eigenvalue weighted by Crippen LogP contribution is 2.15. The van der Waals surface area contributed by atoms with Gasteiger partial charge in [-0.3, -0.25) is 4.79 Å². The predicted molar refractivity (Wildman–Crippen MR) is 92.1 cm³/mol. The molecular weight excluding hydrogens is 302 g/mol. The van der Waals surface area contributed by atoms with E-state index < -0.39 is 0 Å². The van der Waals surface area contributed by atoms with E-state index in [0.29, 0.717) is 26.3 Å². The largest absolute Gasteiger partial charge is 0.378 e. The molecule has 122 valence electrons. The Bertz CT molecular complexity index is 815. The Labute approximate surface area is 140 Å². The summed E-state index contributed by atoms with van der Waals surface area (Å²) in [6.45, 7) is 2.57. The van der Waals surface area contributed by atoms with Crippen molar-refractivity contribution >= 4 is 16.9 Å². The van der Waals surface area contributed by atoms with Crippen LogP contribution in [0.2, 0.25) is 0 Å². The fourth-order valence-corrected chi connectivity index (χ4v) is 3.00. The number of imidazole rings is 1. The summed E-state index contributed by atoms with van der Waals surface area (Å²) in [6.07, 6.45) is 0.723. The molecule has 1 amide bonds. The molecule has 1 aliphatic heterocycles. The molecule has 1 saturated heterocycles. The summed E-state index contributed by atoms with van der Waals surface area (Å²) in [7, 11) is 0. The number of benzene rings is 2. The number of aromatic nitrogens is 2. The lowest BCUT2D eigenvalue weighted by atomic mass is 10.1. The average Bonchev–Trinajstić information content (AvgIpc) is 3.05. The zero-order valence-electron chi connectivity index (χ0n) is 13.4. The molecule has 1 aromatic heterocycles. The van der Waals surface area contributed by atoms with Crippen molar-refractivity contribution in [3.05, 3.63) is 65.5 Å². The van der Waals surface area contributed by atoms with Crippen LogP contribution in [0.5, 0.6) is 0 Å². The normalized spacial score (nSPS) is 14.9. The molecule has 0 radical (unpaired) electrons. The van der Waals surface area contributed by atoms with Gasteiger partial charge in [0, 0.05) is 25.1 Å². The van der Waals surface area contributed by atoms with Gasteiger partial charge in [-0.05, 0) is 29.8 Å². The van der Waals surface area contributed by atoms with Gasteiger partial charge < -0.3 is 14.6 Å². The zero-order chi connectivity index (χ0) is 16.4. The molecule has 1 N–H and O–H groups in total. The molecule has 2 heterocycles. The first-order chi connectivity index (χ1) is 11.8. The van der Waals surface area contributed by atoms with Crippen molar-refractivity contribution < 1.29 is 9.53 Å². The Balaban J connectivity index is 1.48. The van der Waals surface area contributed by atoms with E-state index in [9.17, 15) is 4.79 Å². The number of nitrogens with zero attached hydrogens (tertiary/aromatic N) is 2. The van der Waals surface area contributed by atoms with Gasteiger partial charge in [-0.15, -0.1) is 0 Å². The van der Waals surface area contributed by atoms with Crippen LogP contribution in [0.4, 0.5) is 0 Å². The quantitative estimate of drug-likeness (QED) is 0.807. The van der Waals surface area contributed by atoms with Gasteiger partial charge in [0.1, 0.15) is 5.82 Å². The summed E-state index contributed by atoms with van der Waals surface area (Å²) < 4.78 is 5.29. The topological polar surface area (TPSA) is 58.2 Å². The molecule has 0 atom stereocenters. The van der Waals surface area contributed by atoms with E-state index in [1.54, 1.807) is 0 Å². The molecule has 1 fully saturated rings. The van der Waals surface area contributed by atoms with Crippen LogP contribution in [0.1, 0.15) is 21.7 Å². The van der Waals surface area contributed by atoms with Gasteiger partial charge in [-0.2, -0.15) is 0 Å². The van der Waals surface area contributed by atoms with E-state index in [0.717, 1.165) is 34.4 Å². The lowest BCUT2D eigenvalue weighted by Gasteiger charge is -2.26. The van der Waals surface area contributed by atoms with Gasteiger partial charge >= 0.3 is 0 Å². The van der Waals surface area contributed by atoms with Gasteiger partial charge in [0.2, 0.25) is 0 Å². The molecule has 0 spiro atoms. The lowest BCUT2D eigenvalue weighted by molar-refractivity contribution is 0.0303. The molecule has 5 heteroatoms. The summed E-state index contributed by atoms with van der Waals surface area (Å²) in [5.41, 5.74) is 3.89. The maximum Gasteiger partial charge on any atom is 0.254 e. The number of H-pyrrole nitrogens is 1. The molecule has 1 aliphatic rings. The monoisotopic (exact) mass is 321 g/mol. The van der Waals surface area contributed by atoms with E-state index in [2.05, 4.69) is 9.97 Å². The third-order valence-electron chi connectivity index (χ3n) is 4.31. The number of rotatable bonds is 3. The van der Waals surface area contributed by atoms with E-state index in [1.807, 2.05) is 53.4 Å². The molecule has 4 rings (SSSR count). The minimum atomic E-state index is 0.0774. The molecule has 5 nitrogen and oxygen atoms in total.